The van der Waals surface area contributed by atoms with Crippen LogP contribution in [0.2, 0.25) is 0 Å². The van der Waals surface area contributed by atoms with Gasteiger partial charge in [-0.15, -0.1) is 0 Å². The van der Waals surface area contributed by atoms with Gasteiger partial charge in [0.2, 0.25) is 0 Å². The summed E-state index contributed by atoms with van der Waals surface area (Å²) in [7, 11) is 0.222. The fourth-order valence-electron chi connectivity index (χ4n) is 4.08. The third-order valence-electron chi connectivity index (χ3n) is 5.88. The van der Waals surface area contributed by atoms with Crippen molar-refractivity contribution in [3.8, 4) is 5.75 Å². The second kappa shape index (κ2) is 11.2. The topological polar surface area (TPSA) is 32.3 Å². The fraction of sp³-hybridized carbons (Fsp3) is 0.226. The summed E-state index contributed by atoms with van der Waals surface area (Å²) >= 11 is 0. The van der Waals surface area contributed by atoms with Crippen LogP contribution in [0.15, 0.2) is 91.0 Å². The van der Waals surface area contributed by atoms with Crippen LogP contribution in [0.3, 0.4) is 0 Å². The van der Waals surface area contributed by atoms with E-state index in [0.717, 1.165) is 33.7 Å². The maximum atomic E-state index is 14.1. The van der Waals surface area contributed by atoms with E-state index >= 15 is 0 Å². The molecule has 4 rings (SSSR count). The minimum absolute atomic E-state index is 0.0761. The number of halogens is 1. The molecule has 0 amide bonds. The van der Waals surface area contributed by atoms with E-state index < -0.39 is 0 Å². The monoisotopic (exact) mass is 485 g/mol. The smallest absolute Gasteiger partial charge is 0.126 e. The Morgan fingerprint density at radius 3 is 1.97 bits per heavy atom. The molecule has 0 aliphatic rings. The van der Waals surface area contributed by atoms with Gasteiger partial charge < -0.3 is 10.4 Å². The van der Waals surface area contributed by atoms with Crippen LogP contribution < -0.4 is 15.9 Å². The van der Waals surface area contributed by atoms with Gasteiger partial charge in [-0.25, -0.2) is 4.39 Å². The SMILES string of the molecule is CC(C)(C)NCc1cc(F)ccc1Pc1cc(Cc2ccccc2)cc(Cc2ccccc2)c1O. The second-order valence-electron chi connectivity index (χ2n) is 10.0. The van der Waals surface area contributed by atoms with Gasteiger partial charge in [0.25, 0.3) is 0 Å². The molecular formula is C31H33FNOP. The van der Waals surface area contributed by atoms with Gasteiger partial charge >= 0.3 is 0 Å². The van der Waals surface area contributed by atoms with Crippen molar-refractivity contribution in [2.24, 2.45) is 0 Å². The lowest BCUT2D eigenvalue weighted by Crippen LogP contribution is -2.36. The molecule has 4 aromatic rings. The second-order valence-corrected chi connectivity index (χ2v) is 11.3. The molecule has 0 heterocycles. The highest BCUT2D eigenvalue weighted by Crippen LogP contribution is 2.28. The molecule has 2 N–H and O–H groups in total. The van der Waals surface area contributed by atoms with Crippen LogP contribution >= 0.6 is 8.58 Å². The van der Waals surface area contributed by atoms with E-state index in [2.05, 4.69) is 74.6 Å². The van der Waals surface area contributed by atoms with Crippen molar-refractivity contribution >= 4 is 19.2 Å². The molecule has 35 heavy (non-hydrogen) atoms. The number of phenols is 1. The zero-order valence-corrected chi connectivity index (χ0v) is 21.6. The molecule has 0 saturated heterocycles. The predicted molar refractivity (Wildman–Crippen MR) is 147 cm³/mol. The molecule has 2 nitrogen and oxygen atoms in total. The summed E-state index contributed by atoms with van der Waals surface area (Å²) in [6, 6.07) is 29.8. The third kappa shape index (κ3) is 7.24. The minimum atomic E-state index is -0.240. The molecule has 0 spiro atoms. The average Bonchev–Trinajstić information content (AvgIpc) is 2.83. The average molecular weight is 486 g/mol. The van der Waals surface area contributed by atoms with Crippen molar-refractivity contribution in [1.29, 1.82) is 0 Å². The van der Waals surface area contributed by atoms with Crippen LogP contribution in [0, 0.1) is 5.82 Å². The van der Waals surface area contributed by atoms with Gasteiger partial charge in [0, 0.05) is 23.8 Å². The molecule has 180 valence electrons. The van der Waals surface area contributed by atoms with Crippen LogP contribution in [0.1, 0.15) is 48.6 Å². The summed E-state index contributed by atoms with van der Waals surface area (Å²) < 4.78 is 14.1. The highest BCUT2D eigenvalue weighted by molar-refractivity contribution is 7.55. The molecule has 0 bridgehead atoms. The zero-order valence-electron chi connectivity index (χ0n) is 20.6. The lowest BCUT2D eigenvalue weighted by Gasteiger charge is -2.22. The van der Waals surface area contributed by atoms with Crippen molar-refractivity contribution in [2.45, 2.75) is 45.7 Å². The first-order chi connectivity index (χ1) is 16.8. The van der Waals surface area contributed by atoms with Crippen LogP contribution in [0.4, 0.5) is 4.39 Å². The molecule has 1 unspecified atom stereocenters. The molecule has 0 fully saturated rings. The van der Waals surface area contributed by atoms with Crippen LogP contribution in [0.5, 0.6) is 5.75 Å². The number of benzene rings is 4. The van der Waals surface area contributed by atoms with Gasteiger partial charge in [-0.05, 0) is 78.5 Å². The first-order valence-electron chi connectivity index (χ1n) is 12.0. The normalized spacial score (nSPS) is 11.9. The van der Waals surface area contributed by atoms with E-state index in [0.29, 0.717) is 18.7 Å². The Labute approximate surface area is 210 Å². The Hall–Kier alpha value is -3.00. The maximum absolute atomic E-state index is 14.1. The molecule has 4 aromatic carbocycles. The number of phenolic OH excluding ortho intramolecular Hbond substituents is 1. The van der Waals surface area contributed by atoms with E-state index in [4.69, 9.17) is 0 Å². The summed E-state index contributed by atoms with van der Waals surface area (Å²) in [5.41, 5.74) is 5.33. The van der Waals surface area contributed by atoms with Crippen LogP contribution in [0.25, 0.3) is 0 Å². The molecule has 0 radical (unpaired) electrons. The largest absolute Gasteiger partial charge is 0.507 e. The standard InChI is InChI=1S/C31H33FNOP/c1-31(2,3)33-21-26-20-27(32)14-15-28(26)35-29-19-24(16-22-10-6-4-7-11-22)18-25(30(29)34)17-23-12-8-5-9-13-23/h4-15,18-20,33-35H,16-17,21H2,1-3H3. The van der Waals surface area contributed by atoms with E-state index in [1.165, 1.54) is 17.2 Å². The number of aromatic hydroxyl groups is 1. The minimum Gasteiger partial charge on any atom is -0.507 e. The van der Waals surface area contributed by atoms with Gasteiger partial charge in [-0.1, -0.05) is 81.4 Å². The summed E-state index contributed by atoms with van der Waals surface area (Å²) in [5.74, 6) is 0.0964. The summed E-state index contributed by atoms with van der Waals surface area (Å²) in [6.07, 6.45) is 1.46. The molecule has 0 saturated carbocycles. The van der Waals surface area contributed by atoms with E-state index in [-0.39, 0.29) is 19.9 Å². The Balaban J connectivity index is 1.71. The van der Waals surface area contributed by atoms with Gasteiger partial charge in [-0.3, -0.25) is 0 Å². The quantitative estimate of drug-likeness (QED) is 0.290. The number of rotatable bonds is 8. The zero-order chi connectivity index (χ0) is 24.8. The molecule has 4 heteroatoms. The highest BCUT2D eigenvalue weighted by atomic mass is 31.1. The van der Waals surface area contributed by atoms with Gasteiger partial charge in [0.15, 0.2) is 0 Å². The maximum Gasteiger partial charge on any atom is 0.126 e. The van der Waals surface area contributed by atoms with Gasteiger partial charge in [0.1, 0.15) is 11.6 Å². The lowest BCUT2D eigenvalue weighted by atomic mass is 9.98. The summed E-state index contributed by atoms with van der Waals surface area (Å²) in [6.45, 7) is 6.87. The van der Waals surface area contributed by atoms with Gasteiger partial charge in [-0.2, -0.15) is 0 Å². The lowest BCUT2D eigenvalue weighted by molar-refractivity contribution is 0.424. The van der Waals surface area contributed by atoms with Crippen molar-refractivity contribution in [2.75, 3.05) is 0 Å². The van der Waals surface area contributed by atoms with Gasteiger partial charge in [0.05, 0.1) is 0 Å². The Morgan fingerprint density at radius 2 is 1.34 bits per heavy atom. The summed E-state index contributed by atoms with van der Waals surface area (Å²) in [4.78, 5) is 0. The molecule has 1 atom stereocenters. The molecular weight excluding hydrogens is 452 g/mol. The van der Waals surface area contributed by atoms with Crippen LogP contribution in [-0.2, 0) is 19.4 Å². The van der Waals surface area contributed by atoms with Crippen molar-refractivity contribution < 1.29 is 9.50 Å². The Kier molecular flexibility index (Phi) is 8.00. The highest BCUT2D eigenvalue weighted by Gasteiger charge is 2.16. The van der Waals surface area contributed by atoms with Crippen LogP contribution in [-0.4, -0.2) is 10.6 Å². The number of hydrogen-bond donors (Lipinski definition) is 2. The fourth-order valence-corrected chi connectivity index (χ4v) is 5.39. The number of nitrogens with one attached hydrogen (secondary N) is 1. The van der Waals surface area contributed by atoms with Crippen molar-refractivity contribution in [3.05, 3.63) is 125 Å². The Morgan fingerprint density at radius 1 is 0.714 bits per heavy atom. The molecule has 0 aromatic heterocycles. The predicted octanol–water partition coefficient (Wildman–Crippen LogP) is 6.23. The van der Waals surface area contributed by atoms with Crippen molar-refractivity contribution in [1.82, 2.24) is 5.32 Å². The van der Waals surface area contributed by atoms with Crippen molar-refractivity contribution in [3.63, 3.8) is 0 Å². The Bertz CT molecular complexity index is 1270. The summed E-state index contributed by atoms with van der Waals surface area (Å²) in [5, 5.41) is 16.7. The first kappa shape index (κ1) is 25.1. The van der Waals surface area contributed by atoms with E-state index in [1.54, 1.807) is 6.07 Å². The molecule has 0 aliphatic heterocycles. The molecule has 0 aliphatic carbocycles. The third-order valence-corrected chi connectivity index (χ3v) is 7.29. The van der Waals surface area contributed by atoms with E-state index in [9.17, 15) is 9.50 Å². The van der Waals surface area contributed by atoms with E-state index in [1.807, 2.05) is 30.3 Å². The number of hydrogen-bond acceptors (Lipinski definition) is 2. The first-order valence-corrected chi connectivity index (χ1v) is 13.0.